The molecule has 0 saturated heterocycles. The minimum absolute atomic E-state index is 0.123. The summed E-state index contributed by atoms with van der Waals surface area (Å²) < 4.78 is 5.41. The first-order valence-electron chi connectivity index (χ1n) is 11.8. The van der Waals surface area contributed by atoms with Crippen molar-refractivity contribution in [1.82, 2.24) is 15.0 Å². The number of aryl methyl sites for hydroxylation is 1. The lowest BCUT2D eigenvalue weighted by Crippen LogP contribution is -2.08. The number of phenolic OH excluding ortho intramolecular Hbond substituents is 1. The van der Waals surface area contributed by atoms with Crippen molar-refractivity contribution in [3.63, 3.8) is 0 Å². The third kappa shape index (κ3) is 6.31. The Balaban J connectivity index is 1.64. The van der Waals surface area contributed by atoms with Crippen molar-refractivity contribution < 1.29 is 14.6 Å². The van der Waals surface area contributed by atoms with Crippen LogP contribution in [0, 0.1) is 0 Å². The molecule has 0 aliphatic heterocycles. The third-order valence-corrected chi connectivity index (χ3v) is 5.68. The van der Waals surface area contributed by atoms with Gasteiger partial charge in [-0.2, -0.15) is 0 Å². The van der Waals surface area contributed by atoms with E-state index in [1.165, 1.54) is 30.5 Å². The lowest BCUT2D eigenvalue weighted by atomic mass is 9.96. The second-order valence-corrected chi connectivity index (χ2v) is 8.67. The molecule has 6 nitrogen and oxygen atoms in total. The highest BCUT2D eigenvalue weighted by Crippen LogP contribution is 2.33. The number of ether oxygens (including phenoxy) is 1. The highest BCUT2D eigenvalue weighted by atomic mass is 16.5. The van der Waals surface area contributed by atoms with E-state index >= 15 is 0 Å². The van der Waals surface area contributed by atoms with Crippen LogP contribution in [-0.2, 0) is 16.0 Å². The van der Waals surface area contributed by atoms with Crippen LogP contribution in [0.1, 0.15) is 82.8 Å². The fourth-order valence-corrected chi connectivity index (χ4v) is 3.79. The average molecular weight is 438 g/mol. The second kappa shape index (κ2) is 11.7. The zero-order chi connectivity index (χ0) is 22.9. The van der Waals surface area contributed by atoms with E-state index in [9.17, 15) is 9.90 Å². The molecule has 0 amide bonds. The van der Waals surface area contributed by atoms with Crippen molar-refractivity contribution in [3.8, 4) is 11.4 Å². The number of aromatic nitrogens is 3. The number of phenols is 1. The maximum atomic E-state index is 12.2. The monoisotopic (exact) mass is 437 g/mol. The molecular weight excluding hydrogens is 402 g/mol. The summed E-state index contributed by atoms with van der Waals surface area (Å²) in [4.78, 5) is 13.7. The summed E-state index contributed by atoms with van der Waals surface area (Å²) in [6.07, 6.45) is 7.86. The van der Waals surface area contributed by atoms with Gasteiger partial charge in [0.15, 0.2) is 0 Å². The van der Waals surface area contributed by atoms with Crippen molar-refractivity contribution in [2.45, 2.75) is 78.1 Å². The smallest absolute Gasteiger partial charge is 0.306 e. The van der Waals surface area contributed by atoms with E-state index in [-0.39, 0.29) is 17.6 Å². The normalized spacial score (nSPS) is 11.4. The van der Waals surface area contributed by atoms with Gasteiger partial charge in [0.05, 0.1) is 6.61 Å². The topological polar surface area (TPSA) is 77.2 Å². The largest absolute Gasteiger partial charge is 0.505 e. The minimum atomic E-state index is -0.178. The van der Waals surface area contributed by atoms with Gasteiger partial charge < -0.3 is 9.84 Å². The molecule has 1 aromatic heterocycles. The molecule has 0 spiro atoms. The number of benzene rings is 2. The predicted molar refractivity (Wildman–Crippen MR) is 127 cm³/mol. The van der Waals surface area contributed by atoms with E-state index in [1.807, 2.05) is 50.2 Å². The number of aromatic hydroxyl groups is 1. The van der Waals surface area contributed by atoms with Crippen LogP contribution in [-0.4, -0.2) is 32.7 Å². The Labute approximate surface area is 190 Å². The molecule has 2 aromatic carbocycles. The van der Waals surface area contributed by atoms with E-state index in [2.05, 4.69) is 17.1 Å². The van der Waals surface area contributed by atoms with Gasteiger partial charge in [-0.05, 0) is 48.1 Å². The van der Waals surface area contributed by atoms with Gasteiger partial charge in [-0.3, -0.25) is 4.79 Å². The van der Waals surface area contributed by atoms with Crippen LogP contribution in [0.4, 0.5) is 0 Å². The SMILES string of the molecule is CCCCCCCCOC(=O)CCc1cc(C(C)C)c(O)c(-n2nc3ccccc3n2)c1. The van der Waals surface area contributed by atoms with E-state index in [4.69, 9.17) is 4.74 Å². The summed E-state index contributed by atoms with van der Waals surface area (Å²) in [5.74, 6) is 0.121. The Morgan fingerprint density at radius 2 is 1.69 bits per heavy atom. The van der Waals surface area contributed by atoms with Crippen LogP contribution in [0.25, 0.3) is 16.7 Å². The molecule has 1 N–H and O–H groups in total. The van der Waals surface area contributed by atoms with Crippen molar-refractivity contribution in [2.24, 2.45) is 0 Å². The van der Waals surface area contributed by atoms with Gasteiger partial charge in [0, 0.05) is 6.42 Å². The van der Waals surface area contributed by atoms with E-state index < -0.39 is 0 Å². The summed E-state index contributed by atoms with van der Waals surface area (Å²) in [5.41, 5.74) is 3.84. The molecule has 6 heteroatoms. The summed E-state index contributed by atoms with van der Waals surface area (Å²) in [6.45, 7) is 6.76. The molecule has 0 fully saturated rings. The van der Waals surface area contributed by atoms with E-state index in [0.29, 0.717) is 25.1 Å². The van der Waals surface area contributed by atoms with Crippen molar-refractivity contribution in [2.75, 3.05) is 6.61 Å². The standard InChI is InChI=1S/C26H35N3O3/c1-4-5-6-7-8-11-16-32-25(30)15-14-20-17-21(19(2)3)26(31)24(18-20)29-27-22-12-9-10-13-23(22)28-29/h9-10,12-13,17-19,31H,4-8,11,14-16H2,1-3H3. The third-order valence-electron chi connectivity index (χ3n) is 5.68. The van der Waals surface area contributed by atoms with Crippen LogP contribution in [0.2, 0.25) is 0 Å². The number of hydrogen-bond acceptors (Lipinski definition) is 5. The quantitative estimate of drug-likeness (QED) is 0.274. The van der Waals surface area contributed by atoms with Crippen LogP contribution in [0.5, 0.6) is 5.75 Å². The van der Waals surface area contributed by atoms with Crippen LogP contribution in [0.15, 0.2) is 36.4 Å². The summed E-state index contributed by atoms with van der Waals surface area (Å²) in [5, 5.41) is 19.9. The minimum Gasteiger partial charge on any atom is -0.505 e. The number of carbonyl (C=O) groups is 1. The molecule has 0 aliphatic rings. The fourth-order valence-electron chi connectivity index (χ4n) is 3.79. The Hall–Kier alpha value is -2.89. The molecule has 0 aliphatic carbocycles. The lowest BCUT2D eigenvalue weighted by Gasteiger charge is -2.15. The average Bonchev–Trinajstić information content (AvgIpc) is 3.21. The highest BCUT2D eigenvalue weighted by Gasteiger charge is 2.17. The van der Waals surface area contributed by atoms with Crippen LogP contribution in [0.3, 0.4) is 0 Å². The first-order valence-corrected chi connectivity index (χ1v) is 11.8. The van der Waals surface area contributed by atoms with Gasteiger partial charge in [-0.15, -0.1) is 15.0 Å². The highest BCUT2D eigenvalue weighted by molar-refractivity contribution is 5.74. The molecule has 0 atom stereocenters. The van der Waals surface area contributed by atoms with Gasteiger partial charge >= 0.3 is 5.97 Å². The van der Waals surface area contributed by atoms with E-state index in [1.54, 1.807) is 0 Å². The first-order chi connectivity index (χ1) is 15.5. The Bertz CT molecular complexity index is 993. The molecule has 3 rings (SSSR count). The van der Waals surface area contributed by atoms with E-state index in [0.717, 1.165) is 35.0 Å². The molecule has 0 saturated carbocycles. The number of nitrogens with zero attached hydrogens (tertiary/aromatic N) is 3. The maximum Gasteiger partial charge on any atom is 0.306 e. The predicted octanol–water partition coefficient (Wildman–Crippen LogP) is 6.09. The van der Waals surface area contributed by atoms with Crippen LogP contribution < -0.4 is 0 Å². The number of rotatable bonds is 12. The zero-order valence-electron chi connectivity index (χ0n) is 19.5. The van der Waals surface area contributed by atoms with Gasteiger partial charge in [0.2, 0.25) is 0 Å². The Kier molecular flexibility index (Phi) is 8.65. The number of esters is 1. The van der Waals surface area contributed by atoms with Gasteiger partial charge in [0.1, 0.15) is 22.5 Å². The van der Waals surface area contributed by atoms with Crippen molar-refractivity contribution in [3.05, 3.63) is 47.5 Å². The second-order valence-electron chi connectivity index (χ2n) is 8.67. The molecule has 172 valence electrons. The Morgan fingerprint density at radius 3 is 2.34 bits per heavy atom. The molecular formula is C26H35N3O3. The van der Waals surface area contributed by atoms with Gasteiger partial charge in [0.25, 0.3) is 0 Å². The molecule has 32 heavy (non-hydrogen) atoms. The van der Waals surface area contributed by atoms with Crippen LogP contribution >= 0.6 is 0 Å². The summed E-state index contributed by atoms with van der Waals surface area (Å²) >= 11 is 0. The molecule has 0 unspecified atom stereocenters. The molecule has 1 heterocycles. The summed E-state index contributed by atoms with van der Waals surface area (Å²) in [6, 6.07) is 11.4. The van der Waals surface area contributed by atoms with Crippen molar-refractivity contribution >= 4 is 17.0 Å². The van der Waals surface area contributed by atoms with Gasteiger partial charge in [-0.1, -0.05) is 71.1 Å². The lowest BCUT2D eigenvalue weighted by molar-refractivity contribution is -0.143. The molecule has 3 aromatic rings. The number of carbonyl (C=O) groups excluding carboxylic acids is 1. The number of unbranched alkanes of at least 4 members (excludes halogenated alkanes) is 5. The Morgan fingerprint density at radius 1 is 1.03 bits per heavy atom. The van der Waals surface area contributed by atoms with Crippen molar-refractivity contribution in [1.29, 1.82) is 0 Å². The fraction of sp³-hybridized carbons (Fsp3) is 0.500. The maximum absolute atomic E-state index is 12.2. The number of fused-ring (bicyclic) bond motifs is 1. The zero-order valence-corrected chi connectivity index (χ0v) is 19.5. The molecule has 0 bridgehead atoms. The van der Waals surface area contributed by atoms with Gasteiger partial charge in [-0.25, -0.2) is 0 Å². The number of hydrogen-bond donors (Lipinski definition) is 1. The molecule has 0 radical (unpaired) electrons. The first kappa shape index (κ1) is 23.8. The summed E-state index contributed by atoms with van der Waals surface area (Å²) in [7, 11) is 0.